The highest BCUT2D eigenvalue weighted by molar-refractivity contribution is 7.51. The van der Waals surface area contributed by atoms with Gasteiger partial charge in [-0.05, 0) is 18.8 Å². The second-order valence-corrected chi connectivity index (χ2v) is 5.12. The molecule has 7 heteroatoms. The van der Waals surface area contributed by atoms with Crippen LogP contribution in [0.15, 0.2) is 0 Å². The van der Waals surface area contributed by atoms with Crippen LogP contribution < -0.4 is 5.73 Å². The molecule has 0 spiro atoms. The SMILES string of the molecule is NC1(C(=O)O)CCC1CP(=O)(O)O. The summed E-state index contributed by atoms with van der Waals surface area (Å²) in [6.45, 7) is 0. The van der Waals surface area contributed by atoms with Crippen molar-refractivity contribution in [3.63, 3.8) is 0 Å². The third-order valence-electron chi connectivity index (χ3n) is 2.49. The number of hydrogen-bond donors (Lipinski definition) is 4. The van der Waals surface area contributed by atoms with Crippen molar-refractivity contribution in [2.45, 2.75) is 18.4 Å². The normalized spacial score (nSPS) is 33.9. The topological polar surface area (TPSA) is 121 Å². The third-order valence-corrected chi connectivity index (χ3v) is 3.41. The molecule has 0 heterocycles. The van der Waals surface area contributed by atoms with Crippen molar-refractivity contribution < 1.29 is 24.3 Å². The fraction of sp³-hybridized carbons (Fsp3) is 0.833. The molecule has 0 aliphatic heterocycles. The molecule has 1 aliphatic rings. The van der Waals surface area contributed by atoms with E-state index in [0.29, 0.717) is 6.42 Å². The lowest BCUT2D eigenvalue weighted by atomic mass is 9.68. The molecule has 1 saturated carbocycles. The van der Waals surface area contributed by atoms with E-state index in [4.69, 9.17) is 20.6 Å². The largest absolute Gasteiger partial charge is 0.480 e. The predicted molar refractivity (Wildman–Crippen MR) is 44.2 cm³/mol. The first kappa shape index (κ1) is 10.7. The van der Waals surface area contributed by atoms with Gasteiger partial charge in [0.25, 0.3) is 0 Å². The summed E-state index contributed by atoms with van der Waals surface area (Å²) >= 11 is 0. The van der Waals surface area contributed by atoms with E-state index in [9.17, 15) is 9.36 Å². The smallest absolute Gasteiger partial charge is 0.325 e. The van der Waals surface area contributed by atoms with Crippen LogP contribution in [0, 0.1) is 5.92 Å². The van der Waals surface area contributed by atoms with Crippen LogP contribution >= 0.6 is 7.60 Å². The molecule has 5 N–H and O–H groups in total. The molecule has 1 aliphatic carbocycles. The van der Waals surface area contributed by atoms with Gasteiger partial charge in [0.2, 0.25) is 0 Å². The standard InChI is InChI=1S/C6H12NO5P/c7-6(5(8)9)2-1-4(6)3-13(10,11)12/h4H,1-3,7H2,(H,8,9)(H2,10,11,12). The van der Waals surface area contributed by atoms with Crippen molar-refractivity contribution in [3.8, 4) is 0 Å². The molecule has 6 nitrogen and oxygen atoms in total. The second kappa shape index (κ2) is 3.06. The minimum absolute atomic E-state index is 0.285. The van der Waals surface area contributed by atoms with Crippen molar-refractivity contribution in [2.75, 3.05) is 6.16 Å². The van der Waals surface area contributed by atoms with Crippen molar-refractivity contribution in [3.05, 3.63) is 0 Å². The van der Waals surface area contributed by atoms with Gasteiger partial charge in [0.1, 0.15) is 5.54 Å². The minimum Gasteiger partial charge on any atom is -0.480 e. The van der Waals surface area contributed by atoms with E-state index in [1.54, 1.807) is 0 Å². The lowest BCUT2D eigenvalue weighted by Gasteiger charge is -2.43. The Hall–Kier alpha value is -0.420. The van der Waals surface area contributed by atoms with Gasteiger partial charge in [0.15, 0.2) is 0 Å². The molecule has 0 radical (unpaired) electrons. The summed E-state index contributed by atoms with van der Waals surface area (Å²) in [5.41, 5.74) is 4.02. The summed E-state index contributed by atoms with van der Waals surface area (Å²) in [6, 6.07) is 0. The van der Waals surface area contributed by atoms with Crippen LogP contribution in [0.5, 0.6) is 0 Å². The predicted octanol–water partition coefficient (Wildman–Crippen LogP) is -0.644. The van der Waals surface area contributed by atoms with Crippen molar-refractivity contribution in [2.24, 2.45) is 11.7 Å². The number of nitrogens with two attached hydrogens (primary N) is 1. The van der Waals surface area contributed by atoms with Crippen LogP contribution in [0.4, 0.5) is 0 Å². The van der Waals surface area contributed by atoms with Crippen molar-refractivity contribution >= 4 is 13.6 Å². The van der Waals surface area contributed by atoms with E-state index < -0.39 is 31.2 Å². The van der Waals surface area contributed by atoms with E-state index in [1.807, 2.05) is 0 Å². The maximum absolute atomic E-state index is 10.6. The van der Waals surface area contributed by atoms with Gasteiger partial charge in [-0.25, -0.2) is 0 Å². The lowest BCUT2D eigenvalue weighted by molar-refractivity contribution is -0.149. The molecule has 1 fully saturated rings. The first-order valence-electron chi connectivity index (χ1n) is 3.82. The molecule has 76 valence electrons. The maximum atomic E-state index is 10.6. The van der Waals surface area contributed by atoms with Crippen LogP contribution in [-0.2, 0) is 9.36 Å². The van der Waals surface area contributed by atoms with E-state index in [-0.39, 0.29) is 6.42 Å². The molecule has 2 unspecified atom stereocenters. The highest BCUT2D eigenvalue weighted by atomic mass is 31.2. The maximum Gasteiger partial charge on any atom is 0.325 e. The summed E-state index contributed by atoms with van der Waals surface area (Å²) in [5, 5.41) is 8.68. The quantitative estimate of drug-likeness (QED) is 0.458. The van der Waals surface area contributed by atoms with Gasteiger partial charge >= 0.3 is 13.6 Å². The molecular weight excluding hydrogens is 197 g/mol. The van der Waals surface area contributed by atoms with Gasteiger partial charge in [-0.1, -0.05) is 0 Å². The Balaban J connectivity index is 2.65. The fourth-order valence-electron chi connectivity index (χ4n) is 1.48. The van der Waals surface area contributed by atoms with Gasteiger partial charge in [-0.2, -0.15) is 0 Å². The van der Waals surface area contributed by atoms with Crippen LogP contribution in [0.2, 0.25) is 0 Å². The van der Waals surface area contributed by atoms with Gasteiger partial charge in [-0.15, -0.1) is 0 Å². The number of carboxylic acids is 1. The Kier molecular flexibility index (Phi) is 2.51. The monoisotopic (exact) mass is 209 g/mol. The Bertz CT molecular complexity index is 274. The van der Waals surface area contributed by atoms with E-state index in [0.717, 1.165) is 0 Å². The molecular formula is C6H12NO5P. The Morgan fingerprint density at radius 1 is 1.62 bits per heavy atom. The van der Waals surface area contributed by atoms with Crippen LogP contribution in [0.3, 0.4) is 0 Å². The number of carboxylic acid groups (broad SMARTS) is 1. The summed E-state index contributed by atoms with van der Waals surface area (Å²) < 4.78 is 10.6. The average Bonchev–Trinajstić information content (AvgIpc) is 1.95. The molecule has 0 aromatic heterocycles. The zero-order chi connectivity index (χ0) is 10.3. The number of hydrogen-bond acceptors (Lipinski definition) is 3. The summed E-state index contributed by atoms with van der Waals surface area (Å²) in [4.78, 5) is 27.9. The molecule has 0 bridgehead atoms. The molecule has 0 saturated heterocycles. The number of rotatable bonds is 3. The zero-order valence-corrected chi connectivity index (χ0v) is 7.78. The van der Waals surface area contributed by atoms with Crippen LogP contribution in [-0.4, -0.2) is 32.6 Å². The van der Waals surface area contributed by atoms with Crippen molar-refractivity contribution in [1.82, 2.24) is 0 Å². The summed E-state index contributed by atoms with van der Waals surface area (Å²) in [5.74, 6) is -1.79. The van der Waals surface area contributed by atoms with E-state index >= 15 is 0 Å². The Labute approximate surface area is 74.9 Å². The molecule has 13 heavy (non-hydrogen) atoms. The van der Waals surface area contributed by atoms with Gasteiger partial charge < -0.3 is 20.6 Å². The first-order chi connectivity index (χ1) is 5.76. The van der Waals surface area contributed by atoms with Crippen LogP contribution in [0.1, 0.15) is 12.8 Å². The number of aliphatic carboxylic acids is 1. The summed E-state index contributed by atoms with van der Waals surface area (Å²) in [7, 11) is -4.15. The first-order valence-corrected chi connectivity index (χ1v) is 5.62. The average molecular weight is 209 g/mol. The lowest BCUT2D eigenvalue weighted by Crippen LogP contribution is -2.61. The molecule has 0 aromatic carbocycles. The Morgan fingerprint density at radius 2 is 2.15 bits per heavy atom. The third kappa shape index (κ3) is 2.08. The summed E-state index contributed by atoms with van der Waals surface area (Å²) in [6.07, 6.45) is 0.316. The van der Waals surface area contributed by atoms with Gasteiger partial charge in [0.05, 0.1) is 6.16 Å². The highest BCUT2D eigenvalue weighted by Crippen LogP contribution is 2.47. The van der Waals surface area contributed by atoms with Gasteiger partial charge in [0, 0.05) is 0 Å². The second-order valence-electron chi connectivity index (χ2n) is 3.43. The highest BCUT2D eigenvalue weighted by Gasteiger charge is 2.51. The van der Waals surface area contributed by atoms with E-state index in [2.05, 4.69) is 0 Å². The van der Waals surface area contributed by atoms with E-state index in [1.165, 1.54) is 0 Å². The molecule has 1 rings (SSSR count). The fourth-order valence-corrected chi connectivity index (χ4v) is 2.56. The molecule has 0 aromatic rings. The molecule has 2 atom stereocenters. The zero-order valence-electron chi connectivity index (χ0n) is 6.88. The molecule has 0 amide bonds. The number of carbonyl (C=O) groups is 1. The van der Waals surface area contributed by atoms with Crippen LogP contribution in [0.25, 0.3) is 0 Å². The minimum atomic E-state index is -4.15. The van der Waals surface area contributed by atoms with Gasteiger partial charge in [-0.3, -0.25) is 9.36 Å². The Morgan fingerprint density at radius 3 is 2.38 bits per heavy atom. The van der Waals surface area contributed by atoms with Crippen molar-refractivity contribution in [1.29, 1.82) is 0 Å².